The minimum absolute atomic E-state index is 0.136. The number of anilines is 1. The number of hydrogen-bond donors (Lipinski definition) is 2. The van der Waals surface area contributed by atoms with Crippen LogP contribution >= 0.6 is 0 Å². The van der Waals surface area contributed by atoms with E-state index in [-0.39, 0.29) is 17.6 Å². The maximum absolute atomic E-state index is 12.7. The molecule has 3 heterocycles. The summed E-state index contributed by atoms with van der Waals surface area (Å²) >= 11 is 0. The molecule has 13 heteroatoms. The third kappa shape index (κ3) is 4.55. The highest BCUT2D eigenvalue weighted by molar-refractivity contribution is 6.01. The van der Waals surface area contributed by atoms with Gasteiger partial charge in [0, 0.05) is 18.0 Å². The lowest BCUT2D eigenvalue weighted by molar-refractivity contribution is -0.144. The first-order valence-electron chi connectivity index (χ1n) is 9.14. The normalized spacial score (nSPS) is 11.4. The number of rotatable bonds is 5. The molecule has 0 aliphatic rings. The van der Waals surface area contributed by atoms with Crippen LogP contribution in [0.5, 0.6) is 11.6 Å². The Bertz CT molecular complexity index is 1250. The number of nitrogens with one attached hydrogen (secondary N) is 2. The number of ether oxygens (including phenoxy) is 1. The predicted octanol–water partition coefficient (Wildman–Crippen LogP) is 3.46. The van der Waals surface area contributed by atoms with Crippen molar-refractivity contribution in [3.05, 3.63) is 65.6 Å². The fourth-order valence-electron chi connectivity index (χ4n) is 2.58. The smallest absolute Gasteiger partial charge is 0.439 e. The van der Waals surface area contributed by atoms with E-state index in [1.54, 1.807) is 41.6 Å². The van der Waals surface area contributed by atoms with Crippen LogP contribution in [0.1, 0.15) is 27.8 Å². The number of aromatic nitrogens is 7. The Balaban J connectivity index is 1.44. The number of nitrogens with zero attached hydrogens (tertiary/aromatic N) is 6. The van der Waals surface area contributed by atoms with Gasteiger partial charge in [0.1, 0.15) is 11.6 Å². The van der Waals surface area contributed by atoms with Crippen LogP contribution in [0.3, 0.4) is 0 Å². The molecule has 2 N–H and O–H groups in total. The van der Waals surface area contributed by atoms with Crippen LogP contribution in [0.25, 0.3) is 5.95 Å². The van der Waals surface area contributed by atoms with E-state index in [1.165, 1.54) is 6.92 Å². The van der Waals surface area contributed by atoms with E-state index < -0.39 is 17.9 Å². The third-order valence-electron chi connectivity index (χ3n) is 4.12. The Kier molecular flexibility index (Phi) is 5.30. The highest BCUT2D eigenvalue weighted by atomic mass is 19.4. The molecule has 10 nitrogen and oxygen atoms in total. The van der Waals surface area contributed by atoms with E-state index >= 15 is 0 Å². The number of aromatic amines is 1. The summed E-state index contributed by atoms with van der Waals surface area (Å²) < 4.78 is 44.7. The number of aryl methyl sites for hydroxylation is 2. The number of halogens is 3. The summed E-state index contributed by atoms with van der Waals surface area (Å²) in [4.78, 5) is 23.9. The lowest BCUT2D eigenvalue weighted by atomic mass is 10.3. The lowest BCUT2D eigenvalue weighted by Crippen LogP contribution is -2.14. The number of benzene rings is 1. The van der Waals surface area contributed by atoms with Crippen molar-refractivity contribution in [2.45, 2.75) is 20.0 Å². The van der Waals surface area contributed by atoms with Crippen molar-refractivity contribution in [2.75, 3.05) is 5.32 Å². The highest BCUT2D eigenvalue weighted by Crippen LogP contribution is 2.26. The fourth-order valence-corrected chi connectivity index (χ4v) is 2.58. The van der Waals surface area contributed by atoms with Crippen LogP contribution in [-0.4, -0.2) is 40.8 Å². The standard InChI is InChI=1S/C19H15F3N8O2/c1-10-3-8-14(23-9-10)32-13-6-4-12(5-7-13)25-16(31)15-24-11(2)30(29-15)18-26-17(27-28-18)19(20,21)22/h3-9H,1-2H3,(H,25,31)(H,26,27,28). The van der Waals surface area contributed by atoms with Crippen LogP contribution in [-0.2, 0) is 6.18 Å². The van der Waals surface area contributed by atoms with Crippen LogP contribution in [0.15, 0.2) is 42.6 Å². The molecule has 4 rings (SSSR count). The van der Waals surface area contributed by atoms with Gasteiger partial charge in [0.25, 0.3) is 11.9 Å². The lowest BCUT2D eigenvalue weighted by Gasteiger charge is -2.06. The number of amides is 1. The second kappa shape index (κ2) is 8.09. The Morgan fingerprint density at radius 3 is 2.47 bits per heavy atom. The average Bonchev–Trinajstić information content (AvgIpc) is 3.38. The van der Waals surface area contributed by atoms with Gasteiger partial charge in [-0.1, -0.05) is 6.07 Å². The number of carbonyl (C=O) groups is 1. The van der Waals surface area contributed by atoms with E-state index in [0.717, 1.165) is 10.2 Å². The van der Waals surface area contributed by atoms with Crippen LogP contribution in [0, 0.1) is 13.8 Å². The summed E-state index contributed by atoms with van der Waals surface area (Å²) in [5.74, 6) is -1.50. The summed E-state index contributed by atoms with van der Waals surface area (Å²) in [7, 11) is 0. The number of pyridine rings is 1. The van der Waals surface area contributed by atoms with Crippen molar-refractivity contribution in [3.8, 4) is 17.6 Å². The zero-order valence-electron chi connectivity index (χ0n) is 16.7. The molecule has 3 aromatic heterocycles. The van der Waals surface area contributed by atoms with Gasteiger partial charge in [0.2, 0.25) is 17.5 Å². The first kappa shape index (κ1) is 21.0. The maximum Gasteiger partial charge on any atom is 0.451 e. The largest absolute Gasteiger partial charge is 0.451 e. The molecule has 164 valence electrons. The quantitative estimate of drug-likeness (QED) is 0.483. The minimum Gasteiger partial charge on any atom is -0.439 e. The number of alkyl halides is 3. The van der Waals surface area contributed by atoms with Gasteiger partial charge in [-0.25, -0.2) is 9.97 Å². The second-order valence-electron chi connectivity index (χ2n) is 6.63. The van der Waals surface area contributed by atoms with E-state index in [0.29, 0.717) is 17.3 Å². The zero-order chi connectivity index (χ0) is 22.9. The van der Waals surface area contributed by atoms with Gasteiger partial charge in [-0.15, -0.1) is 10.2 Å². The van der Waals surface area contributed by atoms with Crippen molar-refractivity contribution in [3.63, 3.8) is 0 Å². The second-order valence-corrected chi connectivity index (χ2v) is 6.63. The third-order valence-corrected chi connectivity index (χ3v) is 4.12. The summed E-state index contributed by atoms with van der Waals surface area (Å²) in [6.07, 6.45) is -3.01. The molecule has 0 bridgehead atoms. The molecular weight excluding hydrogens is 429 g/mol. The SMILES string of the molecule is Cc1ccc(Oc2ccc(NC(=O)c3nc(C)n(-c4n[nH]c(C(F)(F)F)n4)n3)cc2)nc1. The average molecular weight is 444 g/mol. The van der Waals surface area contributed by atoms with Gasteiger partial charge in [0.15, 0.2) is 0 Å². The van der Waals surface area contributed by atoms with Crippen molar-refractivity contribution < 1.29 is 22.7 Å². The summed E-state index contributed by atoms with van der Waals surface area (Å²) in [6.45, 7) is 3.37. The summed E-state index contributed by atoms with van der Waals surface area (Å²) in [5, 5.41) is 11.8. The van der Waals surface area contributed by atoms with Crippen LogP contribution < -0.4 is 10.1 Å². The van der Waals surface area contributed by atoms with Crippen LogP contribution in [0.4, 0.5) is 18.9 Å². The summed E-state index contributed by atoms with van der Waals surface area (Å²) in [6, 6.07) is 10.1. The Labute approximate surface area is 178 Å². The molecule has 0 aliphatic heterocycles. The monoisotopic (exact) mass is 444 g/mol. The van der Waals surface area contributed by atoms with E-state index in [9.17, 15) is 18.0 Å². The molecule has 0 spiro atoms. The van der Waals surface area contributed by atoms with Crippen molar-refractivity contribution >= 4 is 11.6 Å². The molecule has 0 saturated heterocycles. The first-order chi connectivity index (χ1) is 15.2. The molecule has 0 unspecified atom stereocenters. The molecule has 0 radical (unpaired) electrons. The molecular formula is C19H15F3N8O2. The molecule has 0 saturated carbocycles. The van der Waals surface area contributed by atoms with Gasteiger partial charge in [0.05, 0.1) is 0 Å². The number of H-pyrrole nitrogens is 1. The molecule has 0 fully saturated rings. The maximum atomic E-state index is 12.7. The van der Waals surface area contributed by atoms with Crippen molar-refractivity contribution in [1.82, 2.24) is 34.9 Å². The Morgan fingerprint density at radius 2 is 1.84 bits per heavy atom. The molecule has 0 atom stereocenters. The molecule has 4 aromatic rings. The van der Waals surface area contributed by atoms with Gasteiger partial charge >= 0.3 is 6.18 Å². The predicted molar refractivity (Wildman–Crippen MR) is 104 cm³/mol. The molecule has 1 amide bonds. The minimum atomic E-state index is -4.69. The Morgan fingerprint density at radius 1 is 1.09 bits per heavy atom. The van der Waals surface area contributed by atoms with E-state index in [2.05, 4.69) is 30.5 Å². The highest BCUT2D eigenvalue weighted by Gasteiger charge is 2.35. The number of hydrogen-bond acceptors (Lipinski definition) is 7. The van der Waals surface area contributed by atoms with Gasteiger partial charge in [-0.2, -0.15) is 22.8 Å². The van der Waals surface area contributed by atoms with Crippen molar-refractivity contribution in [1.29, 1.82) is 0 Å². The van der Waals surface area contributed by atoms with Gasteiger partial charge in [-0.3, -0.25) is 9.89 Å². The molecule has 32 heavy (non-hydrogen) atoms. The van der Waals surface area contributed by atoms with Gasteiger partial charge in [-0.05, 0) is 43.7 Å². The van der Waals surface area contributed by atoms with Gasteiger partial charge < -0.3 is 10.1 Å². The topological polar surface area (TPSA) is 123 Å². The number of carbonyl (C=O) groups excluding carboxylic acids is 1. The fraction of sp³-hybridized carbons (Fsp3) is 0.158. The van der Waals surface area contributed by atoms with Crippen LogP contribution in [0.2, 0.25) is 0 Å². The Hall–Kier alpha value is -4.29. The van der Waals surface area contributed by atoms with E-state index in [1.807, 2.05) is 13.0 Å². The first-order valence-corrected chi connectivity index (χ1v) is 9.14. The molecule has 0 aliphatic carbocycles. The molecule has 1 aromatic carbocycles. The van der Waals surface area contributed by atoms with E-state index in [4.69, 9.17) is 4.74 Å². The zero-order valence-corrected chi connectivity index (χ0v) is 16.7. The van der Waals surface area contributed by atoms with Crippen molar-refractivity contribution in [2.24, 2.45) is 0 Å². The summed E-state index contributed by atoms with van der Waals surface area (Å²) in [5.41, 5.74) is 1.44.